The van der Waals surface area contributed by atoms with Crippen LogP contribution in [0.5, 0.6) is 0 Å². The molecular formula is C6H4Cl2N6O4Zn. The maximum Gasteiger partial charge on any atom is 0.372 e. The van der Waals surface area contributed by atoms with Crippen molar-refractivity contribution in [2.75, 3.05) is 0 Å². The molecule has 0 aromatic heterocycles. The first-order chi connectivity index (χ1) is 8.30. The standard InChI is InChI=1S/2C3H2ClN3O2.Zn/c2*4-3(2(8)9)5-1-6-7-3;/h2*1H,(H,8,9);. The summed E-state index contributed by atoms with van der Waals surface area (Å²) in [4.78, 5) is 26.8. The number of aliphatic imine (C=N–C) groups is 2. The molecule has 0 saturated carbocycles. The van der Waals surface area contributed by atoms with Gasteiger partial charge in [0, 0.05) is 19.5 Å². The molecular weight excluding hydrogens is 356 g/mol. The number of halogens is 2. The van der Waals surface area contributed by atoms with Gasteiger partial charge in [-0.1, -0.05) is 23.2 Å². The average Bonchev–Trinajstić information content (AvgIpc) is 2.90. The van der Waals surface area contributed by atoms with Gasteiger partial charge in [-0.15, -0.1) is 20.5 Å². The van der Waals surface area contributed by atoms with E-state index in [-0.39, 0.29) is 19.5 Å². The van der Waals surface area contributed by atoms with Crippen molar-refractivity contribution in [2.24, 2.45) is 30.4 Å². The molecule has 2 atom stereocenters. The van der Waals surface area contributed by atoms with Crippen molar-refractivity contribution < 1.29 is 39.3 Å². The molecule has 2 N–H and O–H groups in total. The fourth-order valence-electron chi connectivity index (χ4n) is 0.657. The summed E-state index contributed by atoms with van der Waals surface area (Å²) in [6.07, 6.45) is 2.00. The van der Waals surface area contributed by atoms with Gasteiger partial charge in [-0.25, -0.2) is 19.6 Å². The van der Waals surface area contributed by atoms with Gasteiger partial charge < -0.3 is 10.2 Å². The van der Waals surface area contributed by atoms with E-state index in [0.29, 0.717) is 0 Å². The maximum atomic E-state index is 10.1. The van der Waals surface area contributed by atoms with Crippen LogP contribution in [-0.4, -0.2) is 45.1 Å². The predicted octanol–water partition coefficient (Wildman–Crippen LogP) is 0.913. The molecule has 0 aromatic carbocycles. The summed E-state index contributed by atoms with van der Waals surface area (Å²) in [5.74, 6) is -2.64. The summed E-state index contributed by atoms with van der Waals surface area (Å²) in [6.45, 7) is 0. The van der Waals surface area contributed by atoms with Crippen molar-refractivity contribution in [3.8, 4) is 0 Å². The third kappa shape index (κ3) is 4.37. The first-order valence-corrected chi connectivity index (χ1v) is 4.82. The molecule has 2 unspecified atom stereocenters. The number of azo groups is 2. The topological polar surface area (TPSA) is 149 Å². The third-order valence-electron chi connectivity index (χ3n) is 1.49. The molecule has 98 valence electrons. The van der Waals surface area contributed by atoms with Crippen LogP contribution >= 0.6 is 23.2 Å². The molecule has 10 nitrogen and oxygen atoms in total. The Morgan fingerprint density at radius 1 is 0.895 bits per heavy atom. The molecule has 0 aromatic rings. The Morgan fingerprint density at radius 3 is 1.32 bits per heavy atom. The summed E-state index contributed by atoms with van der Waals surface area (Å²) in [6, 6.07) is 0. The van der Waals surface area contributed by atoms with Crippen LogP contribution in [0.25, 0.3) is 0 Å². The van der Waals surface area contributed by atoms with Gasteiger partial charge in [0.15, 0.2) is 0 Å². The van der Waals surface area contributed by atoms with Crippen molar-refractivity contribution in [1.82, 2.24) is 0 Å². The molecule has 0 amide bonds. The summed E-state index contributed by atoms with van der Waals surface area (Å²) in [5, 5.41) is 25.4. The van der Waals surface area contributed by atoms with E-state index >= 15 is 0 Å². The van der Waals surface area contributed by atoms with E-state index in [2.05, 4.69) is 30.4 Å². The van der Waals surface area contributed by atoms with E-state index in [0.717, 1.165) is 12.7 Å². The molecule has 0 aliphatic carbocycles. The Bertz CT molecular complexity index is 424. The van der Waals surface area contributed by atoms with Crippen LogP contribution in [-0.2, 0) is 29.1 Å². The Morgan fingerprint density at radius 2 is 1.21 bits per heavy atom. The molecule has 2 aliphatic rings. The normalized spacial score (nSPS) is 29.6. The van der Waals surface area contributed by atoms with E-state index in [1.54, 1.807) is 0 Å². The molecule has 2 heterocycles. The number of alkyl halides is 2. The van der Waals surface area contributed by atoms with E-state index in [1.807, 2.05) is 0 Å². The van der Waals surface area contributed by atoms with E-state index in [1.165, 1.54) is 0 Å². The molecule has 0 saturated heterocycles. The quantitative estimate of drug-likeness (QED) is 0.427. The Hall–Kier alpha value is -1.32. The van der Waals surface area contributed by atoms with Crippen LogP contribution < -0.4 is 0 Å². The second kappa shape index (κ2) is 6.74. The maximum absolute atomic E-state index is 10.1. The number of carboxylic acid groups (broad SMARTS) is 2. The molecule has 0 fully saturated rings. The first kappa shape index (κ1) is 17.7. The van der Waals surface area contributed by atoms with Gasteiger partial charge in [0.1, 0.15) is 12.7 Å². The molecule has 0 bridgehead atoms. The minimum Gasteiger partial charge on any atom is -0.477 e. The number of rotatable bonds is 2. The van der Waals surface area contributed by atoms with Gasteiger partial charge in [0.2, 0.25) is 0 Å². The summed E-state index contributed by atoms with van der Waals surface area (Å²) in [7, 11) is 0. The van der Waals surface area contributed by atoms with Gasteiger partial charge in [-0.05, 0) is 0 Å². The van der Waals surface area contributed by atoms with Crippen molar-refractivity contribution in [3.05, 3.63) is 0 Å². The third-order valence-corrected chi connectivity index (χ3v) is 2.16. The second-order valence-corrected chi connectivity index (χ2v) is 3.76. The van der Waals surface area contributed by atoms with Gasteiger partial charge >= 0.3 is 22.2 Å². The van der Waals surface area contributed by atoms with Gasteiger partial charge in [-0.2, -0.15) is 0 Å². The van der Waals surface area contributed by atoms with Crippen molar-refractivity contribution in [1.29, 1.82) is 0 Å². The number of nitrogens with zero attached hydrogens (tertiary/aromatic N) is 6. The van der Waals surface area contributed by atoms with Crippen LogP contribution in [0.1, 0.15) is 0 Å². The van der Waals surface area contributed by atoms with E-state index in [9.17, 15) is 9.59 Å². The number of carbonyl (C=O) groups is 2. The Balaban J connectivity index is 0.000000324. The number of hydrogen-bond acceptors (Lipinski definition) is 8. The van der Waals surface area contributed by atoms with Crippen LogP contribution in [0, 0.1) is 0 Å². The molecule has 13 heteroatoms. The number of hydrogen-bond donors (Lipinski definition) is 2. The van der Waals surface area contributed by atoms with Crippen molar-refractivity contribution in [2.45, 2.75) is 10.2 Å². The zero-order chi connectivity index (χ0) is 13.8. The average molecular weight is 360 g/mol. The molecule has 19 heavy (non-hydrogen) atoms. The Labute approximate surface area is 128 Å². The van der Waals surface area contributed by atoms with Crippen LogP contribution in [0.3, 0.4) is 0 Å². The smallest absolute Gasteiger partial charge is 0.372 e. The number of carboxylic acids is 2. The summed E-state index contributed by atoms with van der Waals surface area (Å²) < 4.78 is 0. The summed E-state index contributed by atoms with van der Waals surface area (Å²) >= 11 is 10.5. The van der Waals surface area contributed by atoms with Gasteiger partial charge in [-0.3, -0.25) is 0 Å². The first-order valence-electron chi connectivity index (χ1n) is 4.06. The molecule has 0 spiro atoms. The fraction of sp³-hybridized carbons (Fsp3) is 0.333. The van der Waals surface area contributed by atoms with Crippen LogP contribution in [0.4, 0.5) is 0 Å². The van der Waals surface area contributed by atoms with E-state index < -0.39 is 22.2 Å². The van der Waals surface area contributed by atoms with Crippen molar-refractivity contribution >= 4 is 47.8 Å². The second-order valence-electron chi connectivity index (χ2n) is 2.70. The SMILES string of the molecule is O=C(O)C1(Cl)N=CN=N1.O=C(O)C1(Cl)N=CN=N1.[Zn]. The number of aliphatic carboxylic acids is 2. The molecule has 0 radical (unpaired) electrons. The minimum absolute atomic E-state index is 0. The van der Waals surface area contributed by atoms with Crippen LogP contribution in [0.2, 0.25) is 0 Å². The molecule has 2 aliphatic heterocycles. The minimum atomic E-state index is -1.89. The van der Waals surface area contributed by atoms with Crippen molar-refractivity contribution in [3.63, 3.8) is 0 Å². The predicted molar refractivity (Wildman–Crippen MR) is 59.1 cm³/mol. The zero-order valence-electron chi connectivity index (χ0n) is 9.01. The molecule has 2 rings (SSSR count). The fourth-order valence-corrected chi connectivity index (χ4v) is 0.832. The van der Waals surface area contributed by atoms with Crippen LogP contribution in [0.15, 0.2) is 30.4 Å². The van der Waals surface area contributed by atoms with Gasteiger partial charge in [0.25, 0.3) is 0 Å². The summed E-state index contributed by atoms with van der Waals surface area (Å²) in [5.41, 5.74) is 0. The zero-order valence-corrected chi connectivity index (χ0v) is 13.5. The largest absolute Gasteiger partial charge is 0.477 e. The van der Waals surface area contributed by atoms with E-state index in [4.69, 9.17) is 33.4 Å². The Kier molecular flexibility index (Phi) is 6.27. The van der Waals surface area contributed by atoms with Gasteiger partial charge in [0.05, 0.1) is 0 Å². The monoisotopic (exact) mass is 358 g/mol.